The Hall–Kier alpha value is -1.14. The van der Waals surface area contributed by atoms with Crippen molar-refractivity contribution in [2.45, 2.75) is 13.8 Å². The molecule has 0 radical (unpaired) electrons. The first-order valence-electron chi connectivity index (χ1n) is 5.17. The molecule has 0 amide bonds. The average Bonchev–Trinajstić information content (AvgIpc) is 2.17. The minimum absolute atomic E-state index is 0.151. The Morgan fingerprint density at radius 2 is 2.12 bits per heavy atom. The van der Waals surface area contributed by atoms with E-state index in [1.165, 1.54) is 6.07 Å². The molecule has 0 fully saturated rings. The largest absolute Gasteiger partial charge is 0.493 e. The third-order valence-electron chi connectivity index (χ3n) is 2.19. The molecule has 96 valence electrons. The van der Waals surface area contributed by atoms with Crippen LogP contribution in [0.2, 0.25) is 0 Å². The number of hydrogen-bond donors (Lipinski definition) is 1. The van der Waals surface area contributed by atoms with Gasteiger partial charge in [-0.05, 0) is 18.6 Å². The highest BCUT2D eigenvalue weighted by atomic mass is 32.2. The molecule has 2 N–H and O–H groups in total. The maximum atomic E-state index is 13.2. The van der Waals surface area contributed by atoms with Gasteiger partial charge in [-0.15, -0.1) is 0 Å². The van der Waals surface area contributed by atoms with Gasteiger partial charge in [0, 0.05) is 12.0 Å². The van der Waals surface area contributed by atoms with Gasteiger partial charge in [-0.1, -0.05) is 13.0 Å². The highest BCUT2D eigenvalue weighted by Gasteiger charge is 2.12. The summed E-state index contributed by atoms with van der Waals surface area (Å²) in [6, 6.07) is 4.52. The molecule has 0 aromatic heterocycles. The van der Waals surface area contributed by atoms with Gasteiger partial charge in [-0.3, -0.25) is 0 Å². The standard InChI is InChI=1S/C11H16FNO3S/c1-8(7-17(13,14)15)6-16-10-4-3-9(2)11(12)5-10/h3-5,8H,6-7H2,1-2H3,(H2,13,14,15). The van der Waals surface area contributed by atoms with Crippen LogP contribution < -0.4 is 9.88 Å². The van der Waals surface area contributed by atoms with E-state index in [-0.39, 0.29) is 24.1 Å². The second-order valence-corrected chi connectivity index (χ2v) is 5.82. The minimum atomic E-state index is -3.50. The molecule has 0 aliphatic carbocycles. The highest BCUT2D eigenvalue weighted by Crippen LogP contribution is 2.16. The Kier molecular flexibility index (Phi) is 4.47. The lowest BCUT2D eigenvalue weighted by Gasteiger charge is -2.12. The van der Waals surface area contributed by atoms with Crippen molar-refractivity contribution in [1.29, 1.82) is 0 Å². The Morgan fingerprint density at radius 3 is 2.65 bits per heavy atom. The fourth-order valence-corrected chi connectivity index (χ4v) is 2.24. The van der Waals surface area contributed by atoms with Crippen LogP contribution in [-0.4, -0.2) is 20.8 Å². The van der Waals surface area contributed by atoms with E-state index in [9.17, 15) is 12.8 Å². The van der Waals surface area contributed by atoms with E-state index >= 15 is 0 Å². The summed E-state index contributed by atoms with van der Waals surface area (Å²) >= 11 is 0. The topological polar surface area (TPSA) is 69.4 Å². The van der Waals surface area contributed by atoms with Crippen LogP contribution in [0.5, 0.6) is 5.75 Å². The third-order valence-corrected chi connectivity index (χ3v) is 3.23. The predicted octanol–water partition coefficient (Wildman–Crippen LogP) is 1.44. The summed E-state index contributed by atoms with van der Waals surface area (Å²) in [4.78, 5) is 0. The molecule has 0 bridgehead atoms. The van der Waals surface area contributed by atoms with Crippen molar-refractivity contribution in [3.05, 3.63) is 29.6 Å². The van der Waals surface area contributed by atoms with Crippen LogP contribution in [0.15, 0.2) is 18.2 Å². The third kappa shape index (κ3) is 5.14. The van der Waals surface area contributed by atoms with Gasteiger partial charge in [0.1, 0.15) is 11.6 Å². The van der Waals surface area contributed by atoms with E-state index in [0.717, 1.165) is 0 Å². The van der Waals surface area contributed by atoms with Crippen LogP contribution in [0.25, 0.3) is 0 Å². The molecule has 1 rings (SSSR count). The van der Waals surface area contributed by atoms with Gasteiger partial charge in [-0.2, -0.15) is 0 Å². The first kappa shape index (κ1) is 13.9. The Labute approximate surface area is 101 Å². The summed E-state index contributed by atoms with van der Waals surface area (Å²) in [6.45, 7) is 3.54. The van der Waals surface area contributed by atoms with Crippen molar-refractivity contribution < 1.29 is 17.5 Å². The molecule has 4 nitrogen and oxygen atoms in total. The monoisotopic (exact) mass is 261 g/mol. The summed E-state index contributed by atoms with van der Waals surface area (Å²) in [5.74, 6) is -0.355. The van der Waals surface area contributed by atoms with Crippen molar-refractivity contribution >= 4 is 10.0 Å². The van der Waals surface area contributed by atoms with E-state index in [0.29, 0.717) is 11.3 Å². The maximum absolute atomic E-state index is 13.2. The summed E-state index contributed by atoms with van der Waals surface area (Å²) in [5, 5.41) is 4.91. The van der Waals surface area contributed by atoms with E-state index in [2.05, 4.69) is 0 Å². The van der Waals surface area contributed by atoms with E-state index in [4.69, 9.17) is 9.88 Å². The van der Waals surface area contributed by atoms with Crippen LogP contribution in [-0.2, 0) is 10.0 Å². The van der Waals surface area contributed by atoms with Crippen LogP contribution in [0, 0.1) is 18.7 Å². The SMILES string of the molecule is Cc1ccc(OCC(C)CS(N)(=O)=O)cc1F. The van der Waals surface area contributed by atoms with Gasteiger partial charge in [0.2, 0.25) is 10.0 Å². The lowest BCUT2D eigenvalue weighted by Crippen LogP contribution is -2.25. The molecule has 0 aliphatic rings. The number of ether oxygens (including phenoxy) is 1. The number of sulfonamides is 1. The van der Waals surface area contributed by atoms with Crippen LogP contribution in [0.1, 0.15) is 12.5 Å². The van der Waals surface area contributed by atoms with Crippen LogP contribution in [0.4, 0.5) is 4.39 Å². The molecule has 1 aromatic rings. The highest BCUT2D eigenvalue weighted by molar-refractivity contribution is 7.89. The summed E-state index contributed by atoms with van der Waals surface area (Å²) in [5.41, 5.74) is 0.537. The van der Waals surface area contributed by atoms with E-state index in [1.807, 2.05) is 0 Å². The summed E-state index contributed by atoms with van der Waals surface area (Å²) in [6.07, 6.45) is 0. The van der Waals surface area contributed by atoms with Gasteiger partial charge in [0.15, 0.2) is 0 Å². The van der Waals surface area contributed by atoms with Crippen molar-refractivity contribution in [3.8, 4) is 5.75 Å². The zero-order valence-corrected chi connectivity index (χ0v) is 10.6. The lowest BCUT2D eigenvalue weighted by molar-refractivity contribution is 0.270. The molecular weight excluding hydrogens is 245 g/mol. The van der Waals surface area contributed by atoms with Crippen molar-refractivity contribution in [2.75, 3.05) is 12.4 Å². The second kappa shape index (κ2) is 5.46. The molecule has 0 saturated heterocycles. The normalized spacial score (nSPS) is 13.4. The zero-order chi connectivity index (χ0) is 13.1. The molecular formula is C11H16FNO3S. The molecule has 6 heteroatoms. The average molecular weight is 261 g/mol. The fourth-order valence-electron chi connectivity index (χ4n) is 1.35. The quantitative estimate of drug-likeness (QED) is 0.872. The van der Waals surface area contributed by atoms with Gasteiger partial charge in [-0.25, -0.2) is 17.9 Å². The fraction of sp³-hybridized carbons (Fsp3) is 0.455. The number of halogens is 1. The Balaban J connectivity index is 2.53. The number of aryl methyl sites for hydroxylation is 1. The molecule has 1 unspecified atom stereocenters. The molecule has 0 spiro atoms. The lowest BCUT2D eigenvalue weighted by atomic mass is 10.2. The number of nitrogens with two attached hydrogens (primary N) is 1. The van der Waals surface area contributed by atoms with Crippen LogP contribution in [0.3, 0.4) is 0 Å². The molecule has 0 heterocycles. The van der Waals surface area contributed by atoms with Gasteiger partial charge in [0.25, 0.3) is 0 Å². The maximum Gasteiger partial charge on any atom is 0.209 e. The number of rotatable bonds is 5. The Bertz CT molecular complexity index is 487. The van der Waals surface area contributed by atoms with E-state index < -0.39 is 10.0 Å². The molecule has 0 saturated carbocycles. The van der Waals surface area contributed by atoms with Crippen molar-refractivity contribution in [2.24, 2.45) is 11.1 Å². The molecule has 1 aromatic carbocycles. The molecule has 0 aliphatic heterocycles. The molecule has 1 atom stereocenters. The van der Waals surface area contributed by atoms with Gasteiger partial charge < -0.3 is 4.74 Å². The number of hydrogen-bond acceptors (Lipinski definition) is 3. The Morgan fingerprint density at radius 1 is 1.47 bits per heavy atom. The van der Waals surface area contributed by atoms with Crippen molar-refractivity contribution in [1.82, 2.24) is 0 Å². The van der Waals surface area contributed by atoms with E-state index in [1.54, 1.807) is 26.0 Å². The van der Waals surface area contributed by atoms with Crippen LogP contribution >= 0.6 is 0 Å². The second-order valence-electron chi connectivity index (χ2n) is 4.16. The number of benzene rings is 1. The van der Waals surface area contributed by atoms with Gasteiger partial charge >= 0.3 is 0 Å². The zero-order valence-electron chi connectivity index (χ0n) is 9.81. The minimum Gasteiger partial charge on any atom is -0.493 e. The first-order chi connectivity index (χ1) is 7.78. The number of primary sulfonamides is 1. The summed E-state index contributed by atoms with van der Waals surface area (Å²) < 4.78 is 40.1. The smallest absolute Gasteiger partial charge is 0.209 e. The van der Waals surface area contributed by atoms with Crippen molar-refractivity contribution in [3.63, 3.8) is 0 Å². The molecule has 17 heavy (non-hydrogen) atoms. The first-order valence-corrected chi connectivity index (χ1v) is 6.89. The predicted molar refractivity (Wildman–Crippen MR) is 63.8 cm³/mol. The summed E-state index contributed by atoms with van der Waals surface area (Å²) in [7, 11) is -3.50. The van der Waals surface area contributed by atoms with Gasteiger partial charge in [0.05, 0.1) is 12.4 Å².